The number of hydrogen-bond acceptors (Lipinski definition) is 9. The largest absolute Gasteiger partial charge is 0.508 e. The number of pyridine rings is 1. The molecule has 1 aliphatic rings. The Balaban J connectivity index is 0.000000341. The number of carbonyl (C=O) groups excluding carboxylic acids is 3. The minimum Gasteiger partial charge on any atom is -0.508 e. The number of rotatable bonds is 7. The highest BCUT2D eigenvalue weighted by Gasteiger charge is 2.20. The van der Waals surface area contributed by atoms with Crippen molar-refractivity contribution in [3.8, 4) is 17.2 Å². The van der Waals surface area contributed by atoms with Crippen molar-refractivity contribution in [1.29, 1.82) is 0 Å². The molecule has 2 heterocycles. The SMILES string of the molecule is C=C/C=C(/O)C=C.CC1CC(Oc2ccccc2)CCCCCC(=O)O1.COc1ccnc(C(N)=O)c1OC(C)=O. The number of hydrogen-bond donors (Lipinski definition) is 2. The first-order valence-electron chi connectivity index (χ1n) is 13.2. The molecule has 0 spiro atoms. The van der Waals surface area contributed by atoms with E-state index in [2.05, 4.69) is 18.1 Å². The van der Waals surface area contributed by atoms with Crippen molar-refractivity contribution < 1.29 is 38.4 Å². The smallest absolute Gasteiger partial charge is 0.308 e. The third-order valence-electron chi connectivity index (χ3n) is 5.45. The van der Waals surface area contributed by atoms with Crippen LogP contribution in [0.2, 0.25) is 0 Å². The minimum absolute atomic E-state index is 0.0556. The number of nitrogens with zero attached hydrogens (tertiary/aromatic N) is 1. The maximum absolute atomic E-state index is 11.5. The van der Waals surface area contributed by atoms with Crippen LogP contribution in [0.5, 0.6) is 17.2 Å². The highest BCUT2D eigenvalue weighted by atomic mass is 16.6. The lowest BCUT2D eigenvalue weighted by molar-refractivity contribution is -0.149. The van der Waals surface area contributed by atoms with Crippen molar-refractivity contribution in [3.63, 3.8) is 0 Å². The van der Waals surface area contributed by atoms with Crippen LogP contribution in [-0.4, -0.2) is 47.3 Å². The Morgan fingerprint density at radius 2 is 1.85 bits per heavy atom. The first-order valence-corrected chi connectivity index (χ1v) is 13.2. The third kappa shape index (κ3) is 14.4. The van der Waals surface area contributed by atoms with Crippen molar-refractivity contribution in [2.45, 2.75) is 64.6 Å². The van der Waals surface area contributed by atoms with Crippen LogP contribution in [0.15, 0.2) is 79.7 Å². The number of aromatic nitrogens is 1. The number of benzene rings is 1. The maximum atomic E-state index is 11.5. The quantitative estimate of drug-likeness (QED) is 0.246. The molecule has 222 valence electrons. The van der Waals surface area contributed by atoms with Crippen LogP contribution in [0.1, 0.15) is 62.9 Å². The highest BCUT2D eigenvalue weighted by Crippen LogP contribution is 2.29. The summed E-state index contributed by atoms with van der Waals surface area (Å²) < 4.78 is 21.1. The van der Waals surface area contributed by atoms with E-state index in [1.54, 1.807) is 0 Å². The van der Waals surface area contributed by atoms with Crippen LogP contribution in [0.3, 0.4) is 0 Å². The van der Waals surface area contributed by atoms with E-state index < -0.39 is 11.9 Å². The van der Waals surface area contributed by atoms with Crippen LogP contribution >= 0.6 is 0 Å². The van der Waals surface area contributed by atoms with Crippen LogP contribution in [0.25, 0.3) is 0 Å². The van der Waals surface area contributed by atoms with Crippen LogP contribution in [-0.2, 0) is 14.3 Å². The van der Waals surface area contributed by atoms with Gasteiger partial charge in [-0.25, -0.2) is 4.98 Å². The summed E-state index contributed by atoms with van der Waals surface area (Å²) in [5.74, 6) is -0.228. The number of methoxy groups -OCH3 is 1. The number of primary amides is 1. The molecule has 0 aliphatic carbocycles. The predicted octanol–water partition coefficient (Wildman–Crippen LogP) is 5.63. The Labute approximate surface area is 241 Å². The molecular weight excluding hydrogens is 528 g/mol. The Hall–Kier alpha value is -4.60. The van der Waals surface area contributed by atoms with E-state index in [0.717, 1.165) is 37.9 Å². The molecule has 1 aromatic heterocycles. The average Bonchev–Trinajstić information content (AvgIpc) is 2.93. The molecule has 1 fully saturated rings. The number of para-hydroxylation sites is 1. The van der Waals surface area contributed by atoms with Gasteiger partial charge in [-0.15, -0.1) is 0 Å². The lowest BCUT2D eigenvalue weighted by atomic mass is 10.0. The number of aliphatic hydroxyl groups is 1. The monoisotopic (exact) mass is 568 g/mol. The molecule has 1 saturated heterocycles. The fraction of sp³-hybridized carbons (Fsp3) is 0.355. The molecule has 1 aliphatic heterocycles. The highest BCUT2D eigenvalue weighted by molar-refractivity contribution is 5.95. The van der Waals surface area contributed by atoms with Gasteiger partial charge in [0.05, 0.1) is 7.11 Å². The van der Waals surface area contributed by atoms with Gasteiger partial charge >= 0.3 is 11.9 Å². The lowest BCUT2D eigenvalue weighted by Crippen LogP contribution is -2.26. The molecule has 10 heteroatoms. The summed E-state index contributed by atoms with van der Waals surface area (Å²) in [6.45, 7) is 9.83. The van der Waals surface area contributed by atoms with Gasteiger partial charge < -0.3 is 29.8 Å². The molecule has 0 bridgehead atoms. The number of aliphatic hydroxyl groups excluding tert-OH is 1. The van der Waals surface area contributed by atoms with E-state index >= 15 is 0 Å². The molecule has 10 nitrogen and oxygen atoms in total. The van der Waals surface area contributed by atoms with Crippen molar-refractivity contribution in [2.24, 2.45) is 5.73 Å². The minimum atomic E-state index is -0.787. The second kappa shape index (κ2) is 19.5. The Bertz CT molecular complexity index is 1160. The summed E-state index contributed by atoms with van der Waals surface area (Å²) >= 11 is 0. The van der Waals surface area contributed by atoms with Crippen molar-refractivity contribution >= 4 is 17.8 Å². The van der Waals surface area contributed by atoms with Gasteiger partial charge in [0.2, 0.25) is 5.75 Å². The first kappa shape index (κ1) is 34.4. The number of ether oxygens (including phenoxy) is 4. The number of esters is 2. The first-order chi connectivity index (χ1) is 19.6. The van der Waals surface area contributed by atoms with Gasteiger partial charge in [-0.05, 0) is 50.5 Å². The standard InChI is InChI=1S/C16H22O3.C9H10N2O4.C6H8O/c1-13-12-15(19-14-8-4-2-5-9-14)10-6-3-7-11-16(17)18-13;1-5(12)15-8-6(14-2)3-4-11-7(8)9(10)13;1-3-5-6(7)4-2/h2,4-5,8-9,13,15H,3,6-7,10-12H2,1H3;3-4H,1-2H3,(H2,10,13);3-5,7H,1-2H2/b;;6-5+. The van der Waals surface area contributed by atoms with E-state index in [1.807, 2.05) is 37.3 Å². The van der Waals surface area contributed by atoms with Gasteiger partial charge in [-0.3, -0.25) is 14.4 Å². The molecule has 3 rings (SSSR count). The predicted molar refractivity (Wildman–Crippen MR) is 156 cm³/mol. The summed E-state index contributed by atoms with van der Waals surface area (Å²) in [5.41, 5.74) is 4.93. The number of carbonyl (C=O) groups is 3. The normalized spacial score (nSPS) is 17.0. The third-order valence-corrected chi connectivity index (χ3v) is 5.45. The molecular formula is C31H40N2O8. The van der Waals surface area contributed by atoms with Crippen molar-refractivity contribution in [1.82, 2.24) is 4.98 Å². The number of nitrogens with two attached hydrogens (primary N) is 1. The molecule has 2 unspecified atom stereocenters. The van der Waals surface area contributed by atoms with E-state index in [4.69, 9.17) is 29.8 Å². The zero-order valence-corrected chi connectivity index (χ0v) is 23.9. The summed E-state index contributed by atoms with van der Waals surface area (Å²) in [6, 6.07) is 11.3. The lowest BCUT2D eigenvalue weighted by Gasteiger charge is -2.24. The van der Waals surface area contributed by atoms with E-state index in [9.17, 15) is 14.4 Å². The molecule has 0 radical (unpaired) electrons. The number of cyclic esters (lactones) is 1. The molecule has 3 N–H and O–H groups in total. The van der Waals surface area contributed by atoms with Crippen molar-refractivity contribution in [2.75, 3.05) is 7.11 Å². The van der Waals surface area contributed by atoms with Crippen molar-refractivity contribution in [3.05, 3.63) is 85.4 Å². The van der Waals surface area contributed by atoms with E-state index in [1.165, 1.54) is 44.5 Å². The van der Waals surface area contributed by atoms with Gasteiger partial charge in [0.1, 0.15) is 23.7 Å². The molecule has 0 saturated carbocycles. The maximum Gasteiger partial charge on any atom is 0.308 e. The fourth-order valence-electron chi connectivity index (χ4n) is 3.63. The second-order valence-corrected chi connectivity index (χ2v) is 8.87. The van der Waals surface area contributed by atoms with Gasteiger partial charge in [-0.2, -0.15) is 0 Å². The Morgan fingerprint density at radius 1 is 1.15 bits per heavy atom. The van der Waals surface area contributed by atoms with Crippen LogP contribution < -0.4 is 19.9 Å². The number of amides is 1. The van der Waals surface area contributed by atoms with Gasteiger partial charge in [0.15, 0.2) is 11.4 Å². The Morgan fingerprint density at radius 3 is 2.41 bits per heavy atom. The summed E-state index contributed by atoms with van der Waals surface area (Å²) in [4.78, 5) is 37.0. The second-order valence-electron chi connectivity index (χ2n) is 8.87. The molecule has 1 amide bonds. The molecule has 1 aromatic carbocycles. The van der Waals surface area contributed by atoms with Gasteiger partial charge in [0, 0.05) is 32.0 Å². The van der Waals surface area contributed by atoms with Crippen LogP contribution in [0.4, 0.5) is 0 Å². The zero-order chi connectivity index (χ0) is 30.6. The summed E-state index contributed by atoms with van der Waals surface area (Å²) in [5, 5.41) is 8.53. The molecule has 2 atom stereocenters. The Kier molecular flexibility index (Phi) is 16.3. The molecule has 41 heavy (non-hydrogen) atoms. The van der Waals surface area contributed by atoms with E-state index in [0.29, 0.717) is 6.42 Å². The van der Waals surface area contributed by atoms with Gasteiger partial charge in [0.25, 0.3) is 5.91 Å². The number of allylic oxidation sites excluding steroid dienone is 3. The van der Waals surface area contributed by atoms with E-state index in [-0.39, 0.29) is 41.1 Å². The topological polar surface area (TPSA) is 147 Å². The summed E-state index contributed by atoms with van der Waals surface area (Å²) in [7, 11) is 1.38. The van der Waals surface area contributed by atoms with Gasteiger partial charge in [-0.1, -0.05) is 43.9 Å². The summed E-state index contributed by atoms with van der Waals surface area (Å²) in [6.07, 6.45) is 11.1. The van der Waals surface area contributed by atoms with Crippen LogP contribution in [0, 0.1) is 0 Å². The fourth-order valence-corrected chi connectivity index (χ4v) is 3.63. The zero-order valence-electron chi connectivity index (χ0n) is 23.9. The average molecular weight is 569 g/mol. The molecule has 2 aromatic rings.